The Kier molecular flexibility index (Phi) is 8.10. The Morgan fingerprint density at radius 3 is 2.49 bits per heavy atom. The van der Waals surface area contributed by atoms with Crippen molar-refractivity contribution in [2.24, 2.45) is 5.92 Å². The molecule has 1 aromatic carbocycles. The van der Waals surface area contributed by atoms with Crippen LogP contribution >= 0.6 is 11.3 Å². The Morgan fingerprint density at radius 2 is 1.82 bits per heavy atom. The van der Waals surface area contributed by atoms with E-state index in [1.165, 1.54) is 20.3 Å². The van der Waals surface area contributed by atoms with E-state index in [0.717, 1.165) is 11.2 Å². The lowest BCUT2D eigenvalue weighted by Crippen LogP contribution is -2.50. The topological polar surface area (TPSA) is 105 Å². The van der Waals surface area contributed by atoms with Crippen LogP contribution in [0, 0.1) is 5.92 Å². The van der Waals surface area contributed by atoms with E-state index in [4.69, 9.17) is 4.74 Å². The normalized spacial score (nSPS) is 18.7. The first-order chi connectivity index (χ1) is 18.8. The molecule has 4 heterocycles. The monoisotopic (exact) mass is 569 g/mol. The molecule has 2 aliphatic rings. The van der Waals surface area contributed by atoms with Gasteiger partial charge in [-0.1, -0.05) is 24.3 Å². The number of piperazine rings is 1. The average molecular weight is 570 g/mol. The maximum absolute atomic E-state index is 14.0. The number of rotatable bonds is 7. The number of esters is 1. The lowest BCUT2D eigenvalue weighted by atomic mass is 9.97. The van der Waals surface area contributed by atoms with Crippen molar-refractivity contribution in [1.82, 2.24) is 14.1 Å². The van der Waals surface area contributed by atoms with Crippen molar-refractivity contribution >= 4 is 51.3 Å². The number of aromatic nitrogens is 2. The number of para-hydroxylation sites is 1. The molecular formula is C26H32BN5O5S2. The molecule has 2 aliphatic heterocycles. The molecule has 0 bridgehead atoms. The first-order valence-electron chi connectivity index (χ1n) is 13.2. The first-order valence-corrected chi connectivity index (χ1v) is 15.5. The first kappa shape index (κ1) is 27.4. The molecule has 1 unspecified atom stereocenters. The smallest absolute Gasteiger partial charge is 0.310 e. The van der Waals surface area contributed by atoms with Crippen LogP contribution in [0.25, 0.3) is 5.69 Å². The zero-order valence-corrected chi connectivity index (χ0v) is 23.8. The van der Waals surface area contributed by atoms with Crippen LogP contribution in [0.5, 0.6) is 0 Å². The highest BCUT2D eigenvalue weighted by molar-refractivity contribution is 7.91. The molecule has 0 amide bonds. The molecule has 10 nitrogen and oxygen atoms in total. The second-order valence-electron chi connectivity index (χ2n) is 9.72. The Balaban J connectivity index is 1.46. The highest BCUT2D eigenvalue weighted by Gasteiger charge is 2.34. The van der Waals surface area contributed by atoms with Crippen LogP contribution in [-0.4, -0.2) is 82.2 Å². The summed E-state index contributed by atoms with van der Waals surface area (Å²) in [5.74, 6) is -0.565. The van der Waals surface area contributed by atoms with Gasteiger partial charge in [-0.05, 0) is 42.7 Å². The van der Waals surface area contributed by atoms with Crippen molar-refractivity contribution in [1.29, 1.82) is 0 Å². The maximum atomic E-state index is 14.0. The van der Waals surface area contributed by atoms with Gasteiger partial charge in [0, 0.05) is 39.3 Å². The lowest BCUT2D eigenvalue weighted by molar-refractivity contribution is -0.148. The summed E-state index contributed by atoms with van der Waals surface area (Å²) in [4.78, 5) is 30.5. The van der Waals surface area contributed by atoms with Crippen LogP contribution in [0.15, 0.2) is 57.7 Å². The van der Waals surface area contributed by atoms with E-state index in [0.29, 0.717) is 73.6 Å². The van der Waals surface area contributed by atoms with Crippen molar-refractivity contribution in [3.8, 4) is 5.69 Å². The number of thiophene rings is 1. The van der Waals surface area contributed by atoms with Crippen LogP contribution in [0.3, 0.4) is 0 Å². The molecule has 39 heavy (non-hydrogen) atoms. The third-order valence-corrected chi connectivity index (χ3v) is 10.5. The van der Waals surface area contributed by atoms with Crippen molar-refractivity contribution in [2.75, 3.05) is 55.7 Å². The summed E-state index contributed by atoms with van der Waals surface area (Å²) in [5.41, 5.74) is 1.51. The third kappa shape index (κ3) is 5.61. The van der Waals surface area contributed by atoms with E-state index in [1.54, 1.807) is 19.2 Å². The van der Waals surface area contributed by atoms with Crippen LogP contribution < -0.4 is 20.1 Å². The minimum absolute atomic E-state index is 0.246. The quantitative estimate of drug-likeness (QED) is 0.305. The Morgan fingerprint density at radius 1 is 1.08 bits per heavy atom. The molecule has 2 fully saturated rings. The molecule has 0 N–H and O–H groups in total. The fraction of sp³-hybridized carbons (Fsp3) is 0.423. The Bertz CT molecular complexity index is 1490. The number of anilines is 2. The molecule has 2 aromatic heterocycles. The summed E-state index contributed by atoms with van der Waals surface area (Å²) in [6.45, 7) is 4.55. The molecule has 0 spiro atoms. The van der Waals surface area contributed by atoms with E-state index >= 15 is 0 Å². The molecule has 0 saturated carbocycles. The third-order valence-electron chi connectivity index (χ3n) is 7.18. The van der Waals surface area contributed by atoms with Gasteiger partial charge in [-0.2, -0.15) is 14.1 Å². The SMILES string of the molecule is Bc1ccc(S(=O)(=O)N2CCN(c3cnn(-c4ccccc4)c(=O)c3N3CCCC(C(=O)OCC)C3)CC2)s1. The molecule has 1 atom stereocenters. The minimum atomic E-state index is -3.57. The van der Waals surface area contributed by atoms with Gasteiger partial charge in [-0.25, -0.2) is 8.42 Å². The highest BCUT2D eigenvalue weighted by atomic mass is 32.2. The van der Waals surface area contributed by atoms with Gasteiger partial charge in [-0.3, -0.25) is 9.59 Å². The van der Waals surface area contributed by atoms with Gasteiger partial charge in [0.25, 0.3) is 15.6 Å². The van der Waals surface area contributed by atoms with Crippen LogP contribution in [-0.2, 0) is 19.6 Å². The molecule has 206 valence electrons. The number of sulfonamides is 1. The van der Waals surface area contributed by atoms with E-state index in [9.17, 15) is 18.0 Å². The van der Waals surface area contributed by atoms with Gasteiger partial charge >= 0.3 is 5.97 Å². The van der Waals surface area contributed by atoms with Gasteiger partial charge in [0.1, 0.15) is 9.90 Å². The van der Waals surface area contributed by atoms with Crippen LogP contribution in [0.1, 0.15) is 19.8 Å². The van der Waals surface area contributed by atoms with E-state index in [-0.39, 0.29) is 17.4 Å². The Labute approximate surface area is 233 Å². The van der Waals surface area contributed by atoms with E-state index < -0.39 is 10.0 Å². The van der Waals surface area contributed by atoms with Crippen LogP contribution in [0.2, 0.25) is 0 Å². The van der Waals surface area contributed by atoms with Crippen molar-refractivity contribution in [3.63, 3.8) is 0 Å². The summed E-state index contributed by atoms with van der Waals surface area (Å²) in [7, 11) is -1.68. The molecule has 2 saturated heterocycles. The fourth-order valence-electron chi connectivity index (χ4n) is 5.20. The number of hydrogen-bond acceptors (Lipinski definition) is 9. The number of nitrogens with zero attached hydrogens (tertiary/aromatic N) is 5. The number of piperidine rings is 1. The van der Waals surface area contributed by atoms with E-state index in [2.05, 4.69) is 5.10 Å². The fourth-order valence-corrected chi connectivity index (χ4v) is 8.06. The summed E-state index contributed by atoms with van der Waals surface area (Å²) in [6.07, 6.45) is 3.15. The number of hydrogen-bond donors (Lipinski definition) is 0. The zero-order valence-electron chi connectivity index (χ0n) is 22.2. The molecule has 5 rings (SSSR count). The van der Waals surface area contributed by atoms with E-state index in [1.807, 2.05) is 54.0 Å². The molecule has 13 heteroatoms. The minimum Gasteiger partial charge on any atom is -0.466 e. The van der Waals surface area contributed by atoms with Crippen molar-refractivity contribution in [3.05, 3.63) is 59.0 Å². The van der Waals surface area contributed by atoms with Gasteiger partial charge in [0.15, 0.2) is 7.85 Å². The molecule has 0 aliphatic carbocycles. The highest BCUT2D eigenvalue weighted by Crippen LogP contribution is 2.31. The second-order valence-corrected chi connectivity index (χ2v) is 13.2. The van der Waals surface area contributed by atoms with Gasteiger partial charge < -0.3 is 14.5 Å². The number of carbonyl (C=O) groups excluding carboxylic acids is 1. The molecule has 3 aromatic rings. The Hall–Kier alpha value is -3.16. The summed E-state index contributed by atoms with van der Waals surface area (Å²) in [5, 5.41) is 4.49. The van der Waals surface area contributed by atoms with Gasteiger partial charge in [-0.15, -0.1) is 11.3 Å². The molecule has 0 radical (unpaired) electrons. The second kappa shape index (κ2) is 11.5. The average Bonchev–Trinajstić information content (AvgIpc) is 3.41. The number of carbonyl (C=O) groups is 1. The molecular weight excluding hydrogens is 537 g/mol. The summed E-state index contributed by atoms with van der Waals surface area (Å²) >= 11 is 1.27. The van der Waals surface area contributed by atoms with Crippen molar-refractivity contribution < 1.29 is 17.9 Å². The maximum Gasteiger partial charge on any atom is 0.310 e. The number of benzene rings is 1. The van der Waals surface area contributed by atoms with Gasteiger partial charge in [0.05, 0.1) is 30.1 Å². The standard InChI is InChI=1S/C26H32BN5O5S2/c1-2-37-26(34)19-7-6-12-30(18-19)24-21(17-28-32(25(24)33)20-8-4-3-5-9-20)29-13-15-31(16-14-29)39(35,36)23-11-10-22(27)38-23/h3-5,8-11,17,19H,2,6-7,12-16,18,27H2,1H3. The number of ether oxygens (including phenoxy) is 1. The largest absolute Gasteiger partial charge is 0.466 e. The zero-order chi connectivity index (χ0) is 27.6. The summed E-state index contributed by atoms with van der Waals surface area (Å²) < 4.78 is 35.8. The van der Waals surface area contributed by atoms with Crippen molar-refractivity contribution in [2.45, 2.75) is 24.0 Å². The lowest BCUT2D eigenvalue weighted by Gasteiger charge is -2.39. The summed E-state index contributed by atoms with van der Waals surface area (Å²) in [6, 6.07) is 12.7. The predicted molar refractivity (Wildman–Crippen MR) is 155 cm³/mol. The van der Waals surface area contributed by atoms with Crippen LogP contribution in [0.4, 0.5) is 11.4 Å². The predicted octanol–water partition coefficient (Wildman–Crippen LogP) is 0.843. The van der Waals surface area contributed by atoms with Gasteiger partial charge in [0.2, 0.25) is 0 Å².